The van der Waals surface area contributed by atoms with E-state index in [2.05, 4.69) is 10.3 Å². The molecule has 2 aliphatic rings. The van der Waals surface area contributed by atoms with E-state index < -0.39 is 72.7 Å². The first-order chi connectivity index (χ1) is 20.6. The van der Waals surface area contributed by atoms with Crippen LogP contribution in [-0.2, 0) is 46.8 Å². The average Bonchev–Trinajstić information content (AvgIpc) is 3.42. The number of carbonyl (C=O) groups excluding carboxylic acids is 4. The van der Waals surface area contributed by atoms with Gasteiger partial charge in [0, 0.05) is 12.1 Å². The van der Waals surface area contributed by atoms with E-state index >= 15 is 0 Å². The summed E-state index contributed by atoms with van der Waals surface area (Å²) in [5.74, 6) is -3.72. The largest absolute Gasteiger partial charge is 0.461 e. The summed E-state index contributed by atoms with van der Waals surface area (Å²) in [5.41, 5.74) is -0.745. The van der Waals surface area contributed by atoms with E-state index in [-0.39, 0.29) is 43.8 Å². The van der Waals surface area contributed by atoms with Crippen molar-refractivity contribution in [1.82, 2.24) is 19.9 Å². The second-order valence-corrected chi connectivity index (χ2v) is 14.2. The van der Waals surface area contributed by atoms with Crippen LogP contribution in [0.1, 0.15) is 67.6 Å². The molecule has 0 spiro atoms. The highest BCUT2D eigenvalue weighted by Crippen LogP contribution is 2.47. The third kappa shape index (κ3) is 6.00. The van der Waals surface area contributed by atoms with Gasteiger partial charge in [-0.3, -0.25) is 14.9 Å². The number of β-lactam (4-membered cyclic amide) rings is 1. The van der Waals surface area contributed by atoms with Crippen LogP contribution in [-0.4, -0.2) is 86.4 Å². The van der Waals surface area contributed by atoms with Crippen molar-refractivity contribution in [3.05, 3.63) is 51.3 Å². The number of nitrogens with zero attached hydrogens (tertiary/aromatic N) is 5. The quantitative estimate of drug-likeness (QED) is 0.107. The first-order valence-corrected chi connectivity index (χ1v) is 15.4. The number of esters is 3. The molecule has 4 rings (SSSR count). The SMILES string of the molecule is CC(C)COC(=O)c1nnn(C[C@@]2(C)[C@H](C(=O)OCc3ccc([N+](=O)[O-])cc3)N3C(=O)C[C@H]3S2(=O)=O)c1C(=O)OCC(C)C. The number of carbonyl (C=O) groups is 4. The van der Waals surface area contributed by atoms with Crippen LogP contribution in [0, 0.1) is 22.0 Å². The number of nitro groups is 1. The molecule has 0 bridgehead atoms. The van der Waals surface area contributed by atoms with E-state index in [0.29, 0.717) is 5.56 Å². The van der Waals surface area contributed by atoms with Gasteiger partial charge >= 0.3 is 17.9 Å². The Morgan fingerprint density at radius 3 is 2.18 bits per heavy atom. The molecule has 1 aromatic carbocycles. The van der Waals surface area contributed by atoms with Crippen molar-refractivity contribution in [3.63, 3.8) is 0 Å². The number of fused-ring (bicyclic) bond motifs is 1. The van der Waals surface area contributed by atoms with Crippen LogP contribution in [0.2, 0.25) is 0 Å². The van der Waals surface area contributed by atoms with Crippen LogP contribution in [0.3, 0.4) is 0 Å². The summed E-state index contributed by atoms with van der Waals surface area (Å²) in [6.07, 6.45) is -0.350. The van der Waals surface area contributed by atoms with E-state index in [1.165, 1.54) is 31.2 Å². The molecule has 0 unspecified atom stereocenters. The Balaban J connectivity index is 1.68. The van der Waals surface area contributed by atoms with Crippen LogP contribution in [0.5, 0.6) is 0 Å². The van der Waals surface area contributed by atoms with Crippen molar-refractivity contribution in [2.45, 2.75) is 70.4 Å². The minimum absolute atomic E-state index is 0.0136. The maximum Gasteiger partial charge on any atom is 0.361 e. The van der Waals surface area contributed by atoms with E-state index in [4.69, 9.17) is 14.2 Å². The maximum absolute atomic E-state index is 13.8. The monoisotopic (exact) mass is 635 g/mol. The summed E-state index contributed by atoms with van der Waals surface area (Å²) in [4.78, 5) is 63.4. The lowest BCUT2D eigenvalue weighted by atomic mass is 9.96. The van der Waals surface area contributed by atoms with Crippen LogP contribution < -0.4 is 0 Å². The molecular weight excluding hydrogens is 602 g/mol. The van der Waals surface area contributed by atoms with Crippen LogP contribution >= 0.6 is 0 Å². The van der Waals surface area contributed by atoms with Gasteiger partial charge in [0.2, 0.25) is 11.6 Å². The summed E-state index contributed by atoms with van der Waals surface area (Å²) in [7, 11) is -4.28. The van der Waals surface area contributed by atoms with E-state index in [0.717, 1.165) is 9.58 Å². The fourth-order valence-corrected chi connectivity index (χ4v) is 7.25. The molecule has 0 saturated carbocycles. The highest BCUT2D eigenvalue weighted by atomic mass is 32.2. The lowest BCUT2D eigenvalue weighted by molar-refractivity contribution is -0.384. The second-order valence-electron chi connectivity index (χ2n) is 11.7. The number of ether oxygens (including phenoxy) is 3. The summed E-state index contributed by atoms with van der Waals surface area (Å²) >= 11 is 0. The van der Waals surface area contributed by atoms with Crippen LogP contribution in [0.4, 0.5) is 5.69 Å². The highest BCUT2D eigenvalue weighted by molar-refractivity contribution is 7.93. The van der Waals surface area contributed by atoms with E-state index in [1.54, 1.807) is 27.7 Å². The fraction of sp³-hybridized carbons (Fsp3) is 0.556. The van der Waals surface area contributed by atoms with Gasteiger partial charge < -0.3 is 19.1 Å². The molecule has 1 aromatic heterocycles. The Kier molecular flexibility index (Phi) is 9.08. The Hall–Kier alpha value is -4.41. The van der Waals surface area contributed by atoms with Gasteiger partial charge in [-0.1, -0.05) is 32.9 Å². The number of hydrogen-bond acceptors (Lipinski definition) is 13. The molecule has 0 aliphatic carbocycles. The Morgan fingerprint density at radius 1 is 1.05 bits per heavy atom. The zero-order valence-corrected chi connectivity index (χ0v) is 25.6. The molecule has 3 atom stereocenters. The number of non-ortho nitro benzene ring substituents is 1. The van der Waals surface area contributed by atoms with E-state index in [9.17, 15) is 37.7 Å². The molecule has 1 amide bonds. The third-order valence-electron chi connectivity index (χ3n) is 7.24. The molecule has 3 heterocycles. The minimum atomic E-state index is -4.28. The van der Waals surface area contributed by atoms with Gasteiger partial charge in [-0.25, -0.2) is 27.5 Å². The lowest BCUT2D eigenvalue weighted by Gasteiger charge is -2.36. The van der Waals surface area contributed by atoms with Gasteiger partial charge in [-0.2, -0.15) is 0 Å². The zero-order valence-electron chi connectivity index (χ0n) is 24.8. The summed E-state index contributed by atoms with van der Waals surface area (Å²) < 4.78 is 42.3. The molecule has 44 heavy (non-hydrogen) atoms. The van der Waals surface area contributed by atoms with Gasteiger partial charge in [0.15, 0.2) is 21.6 Å². The topological polar surface area (TPSA) is 207 Å². The van der Waals surface area contributed by atoms with Crippen molar-refractivity contribution in [3.8, 4) is 0 Å². The molecule has 0 N–H and O–H groups in total. The number of hydrogen-bond donors (Lipinski definition) is 0. The van der Waals surface area contributed by atoms with Crippen molar-refractivity contribution in [2.24, 2.45) is 11.8 Å². The first-order valence-electron chi connectivity index (χ1n) is 13.8. The molecular formula is C27H33N5O11S. The number of benzene rings is 1. The Morgan fingerprint density at radius 2 is 1.64 bits per heavy atom. The highest BCUT2D eigenvalue weighted by Gasteiger charge is 2.70. The predicted molar refractivity (Wildman–Crippen MR) is 150 cm³/mol. The molecule has 2 fully saturated rings. The Labute approximate surface area is 252 Å². The average molecular weight is 636 g/mol. The van der Waals surface area contributed by atoms with Gasteiger partial charge in [0.05, 0.1) is 31.1 Å². The second kappa shape index (κ2) is 12.3. The number of nitro benzene ring substituents is 1. The molecule has 2 aliphatic heterocycles. The number of rotatable bonds is 12. The molecule has 0 radical (unpaired) electrons. The first kappa shape index (κ1) is 32.5. The number of aromatic nitrogens is 3. The van der Waals surface area contributed by atoms with Gasteiger partial charge in [0.25, 0.3) is 5.69 Å². The Bertz CT molecular complexity index is 1590. The maximum atomic E-state index is 13.8. The van der Waals surface area contributed by atoms with Crippen molar-refractivity contribution in [1.29, 1.82) is 0 Å². The van der Waals surface area contributed by atoms with Crippen molar-refractivity contribution < 1.29 is 46.7 Å². The normalized spacial score (nSPS) is 22.0. The molecule has 2 aromatic rings. The standard InChI is InChI=1S/C27H33N5O11S/c1-15(2)11-41-24(34)21-22(25(35)42-12-16(3)4)30(29-28-21)14-27(5)23(31-19(33)10-20(31)44(27,39)40)26(36)43-13-17-6-8-18(9-7-17)32(37)38/h6-9,15-16,20,23H,10-14H2,1-5H3/t20-,23+,27+/m1/s1. The van der Waals surface area contributed by atoms with Crippen molar-refractivity contribution in [2.75, 3.05) is 13.2 Å². The summed E-state index contributed by atoms with van der Waals surface area (Å²) in [6, 6.07) is 3.54. The van der Waals surface area contributed by atoms with Gasteiger partial charge in [-0.05, 0) is 36.5 Å². The molecule has 16 nitrogen and oxygen atoms in total. The molecule has 238 valence electrons. The third-order valence-corrected chi connectivity index (χ3v) is 10.0. The van der Waals surface area contributed by atoms with Crippen LogP contribution in [0.25, 0.3) is 0 Å². The van der Waals surface area contributed by atoms with Crippen molar-refractivity contribution >= 4 is 39.3 Å². The number of sulfone groups is 1. The van der Waals surface area contributed by atoms with Gasteiger partial charge in [0.1, 0.15) is 16.7 Å². The molecule has 17 heteroatoms. The predicted octanol–water partition coefficient (Wildman–Crippen LogP) is 1.67. The minimum Gasteiger partial charge on any atom is -0.461 e. The van der Waals surface area contributed by atoms with Gasteiger partial charge in [-0.15, -0.1) is 5.10 Å². The van der Waals surface area contributed by atoms with E-state index in [1.807, 2.05) is 0 Å². The summed E-state index contributed by atoms with van der Waals surface area (Å²) in [6.45, 7) is 7.39. The smallest absolute Gasteiger partial charge is 0.361 e. The molecule has 2 saturated heterocycles. The zero-order chi connectivity index (χ0) is 32.6. The van der Waals surface area contributed by atoms with Crippen LogP contribution in [0.15, 0.2) is 24.3 Å². The number of amides is 1. The summed E-state index contributed by atoms with van der Waals surface area (Å²) in [5, 5.41) is 17.3. The fourth-order valence-electron chi connectivity index (χ4n) is 4.90. The lowest BCUT2D eigenvalue weighted by Crippen LogP contribution is -2.58.